The second-order valence-corrected chi connectivity index (χ2v) is 4.93. The highest BCUT2D eigenvalue weighted by Crippen LogP contribution is 2.28. The van der Waals surface area contributed by atoms with Gasteiger partial charge in [-0.05, 0) is 43.9 Å². The van der Waals surface area contributed by atoms with Gasteiger partial charge >= 0.3 is 0 Å². The van der Waals surface area contributed by atoms with E-state index in [0.29, 0.717) is 17.2 Å². The van der Waals surface area contributed by atoms with E-state index in [1.54, 1.807) is 19.2 Å². The van der Waals surface area contributed by atoms with E-state index in [2.05, 4.69) is 5.32 Å². The molecule has 1 saturated carbocycles. The summed E-state index contributed by atoms with van der Waals surface area (Å²) in [5, 5.41) is 13.2. The molecular formula is C13H18ClNO2. The van der Waals surface area contributed by atoms with Crippen LogP contribution < -0.4 is 5.32 Å². The van der Waals surface area contributed by atoms with Crippen LogP contribution in [0.1, 0.15) is 25.7 Å². The highest BCUT2D eigenvalue weighted by atomic mass is 35.5. The lowest BCUT2D eigenvalue weighted by molar-refractivity contribution is 0.0682. The Kier molecular flexibility index (Phi) is 4.13. The summed E-state index contributed by atoms with van der Waals surface area (Å²) in [5.41, 5.74) is 0.966. The predicted molar refractivity (Wildman–Crippen MR) is 69.8 cm³/mol. The largest absolute Gasteiger partial charge is 0.506 e. The van der Waals surface area contributed by atoms with Gasteiger partial charge in [0.2, 0.25) is 0 Å². The van der Waals surface area contributed by atoms with Crippen molar-refractivity contribution in [1.82, 2.24) is 0 Å². The molecule has 0 unspecified atom stereocenters. The van der Waals surface area contributed by atoms with Crippen molar-refractivity contribution in [2.24, 2.45) is 0 Å². The highest BCUT2D eigenvalue weighted by molar-refractivity contribution is 6.32. The van der Waals surface area contributed by atoms with Gasteiger partial charge in [0, 0.05) is 18.8 Å². The van der Waals surface area contributed by atoms with E-state index in [1.807, 2.05) is 6.07 Å². The summed E-state index contributed by atoms with van der Waals surface area (Å²) in [5.74, 6) is 0.125. The molecule has 0 bridgehead atoms. The predicted octanol–water partition coefficient (Wildman–Crippen LogP) is 3.42. The number of aromatic hydroxyl groups is 1. The Morgan fingerprint density at radius 1 is 1.29 bits per heavy atom. The monoisotopic (exact) mass is 255 g/mol. The van der Waals surface area contributed by atoms with Crippen LogP contribution in [-0.2, 0) is 4.74 Å². The summed E-state index contributed by atoms with van der Waals surface area (Å²) < 4.78 is 5.34. The first-order valence-corrected chi connectivity index (χ1v) is 6.34. The molecule has 3 nitrogen and oxygen atoms in total. The van der Waals surface area contributed by atoms with Crippen molar-refractivity contribution < 1.29 is 9.84 Å². The molecule has 1 aliphatic carbocycles. The van der Waals surface area contributed by atoms with Gasteiger partial charge in [-0.3, -0.25) is 0 Å². The molecule has 94 valence electrons. The van der Waals surface area contributed by atoms with Crippen molar-refractivity contribution in [3.8, 4) is 5.75 Å². The van der Waals surface area contributed by atoms with Crippen molar-refractivity contribution in [3.05, 3.63) is 23.2 Å². The quantitative estimate of drug-likeness (QED) is 0.814. The topological polar surface area (TPSA) is 41.5 Å². The van der Waals surface area contributed by atoms with Gasteiger partial charge in [-0.1, -0.05) is 11.6 Å². The number of hydrogen-bond donors (Lipinski definition) is 2. The first-order chi connectivity index (χ1) is 8.19. The summed E-state index contributed by atoms with van der Waals surface area (Å²) in [7, 11) is 1.78. The van der Waals surface area contributed by atoms with Gasteiger partial charge in [-0.2, -0.15) is 0 Å². The van der Waals surface area contributed by atoms with Crippen LogP contribution in [0.5, 0.6) is 5.75 Å². The average molecular weight is 256 g/mol. The second-order valence-electron chi connectivity index (χ2n) is 4.52. The summed E-state index contributed by atoms with van der Waals surface area (Å²) in [6.07, 6.45) is 4.82. The van der Waals surface area contributed by atoms with E-state index in [-0.39, 0.29) is 5.75 Å². The molecule has 4 heteroatoms. The van der Waals surface area contributed by atoms with E-state index in [4.69, 9.17) is 16.3 Å². The Morgan fingerprint density at radius 3 is 2.59 bits per heavy atom. The van der Waals surface area contributed by atoms with Crippen LogP contribution in [0.4, 0.5) is 5.69 Å². The minimum Gasteiger partial charge on any atom is -0.506 e. The zero-order chi connectivity index (χ0) is 12.3. The second kappa shape index (κ2) is 5.61. The number of halogens is 1. The molecule has 0 aliphatic heterocycles. The lowest BCUT2D eigenvalue weighted by Crippen LogP contribution is -2.29. The first kappa shape index (κ1) is 12.5. The third-order valence-corrected chi connectivity index (χ3v) is 3.63. The number of rotatable bonds is 3. The Morgan fingerprint density at radius 2 is 2.00 bits per heavy atom. The molecule has 0 amide bonds. The number of phenols is 1. The Hall–Kier alpha value is -0.930. The molecule has 0 aromatic heterocycles. The average Bonchev–Trinajstić information content (AvgIpc) is 2.35. The van der Waals surface area contributed by atoms with E-state index in [1.165, 1.54) is 0 Å². The van der Waals surface area contributed by atoms with E-state index >= 15 is 0 Å². The molecule has 0 heterocycles. The van der Waals surface area contributed by atoms with E-state index in [0.717, 1.165) is 31.4 Å². The fourth-order valence-corrected chi connectivity index (χ4v) is 2.46. The minimum absolute atomic E-state index is 0.125. The Balaban J connectivity index is 1.91. The Bertz CT molecular complexity index is 376. The maximum atomic E-state index is 9.34. The van der Waals surface area contributed by atoms with Crippen molar-refractivity contribution in [2.75, 3.05) is 12.4 Å². The fraction of sp³-hybridized carbons (Fsp3) is 0.538. The number of phenolic OH excluding ortho intramolecular Hbond substituents is 1. The Labute approximate surface area is 107 Å². The van der Waals surface area contributed by atoms with Crippen LogP contribution in [0.2, 0.25) is 5.02 Å². The summed E-state index contributed by atoms with van der Waals surface area (Å²) in [6.45, 7) is 0. The maximum absolute atomic E-state index is 9.34. The fourth-order valence-electron chi connectivity index (χ4n) is 2.28. The van der Waals surface area contributed by atoms with Crippen LogP contribution in [0.3, 0.4) is 0 Å². The maximum Gasteiger partial charge on any atom is 0.134 e. The van der Waals surface area contributed by atoms with Crippen molar-refractivity contribution in [1.29, 1.82) is 0 Å². The van der Waals surface area contributed by atoms with Crippen LogP contribution in [0.15, 0.2) is 18.2 Å². The standard InChI is InChI=1S/C13H18ClNO2/c1-17-11-5-2-9(3-6-11)15-10-4-7-13(16)12(14)8-10/h4,7-9,11,15-16H,2-3,5-6H2,1H3. The van der Waals surface area contributed by atoms with E-state index < -0.39 is 0 Å². The van der Waals surface area contributed by atoms with Gasteiger partial charge in [0.15, 0.2) is 0 Å². The van der Waals surface area contributed by atoms with Crippen molar-refractivity contribution in [2.45, 2.75) is 37.8 Å². The molecule has 17 heavy (non-hydrogen) atoms. The van der Waals surface area contributed by atoms with Crippen molar-refractivity contribution >= 4 is 17.3 Å². The highest BCUT2D eigenvalue weighted by Gasteiger charge is 2.20. The zero-order valence-corrected chi connectivity index (χ0v) is 10.7. The summed E-state index contributed by atoms with van der Waals surface area (Å²) >= 11 is 5.87. The van der Waals surface area contributed by atoms with Gasteiger partial charge in [0.25, 0.3) is 0 Å². The number of anilines is 1. The molecule has 0 saturated heterocycles. The summed E-state index contributed by atoms with van der Waals surface area (Å²) in [4.78, 5) is 0. The molecule has 1 aliphatic rings. The molecule has 1 fully saturated rings. The van der Waals surface area contributed by atoms with E-state index in [9.17, 15) is 5.11 Å². The summed E-state index contributed by atoms with van der Waals surface area (Å²) in [6, 6.07) is 5.70. The lowest BCUT2D eigenvalue weighted by atomic mass is 9.93. The number of ether oxygens (including phenoxy) is 1. The molecule has 0 atom stereocenters. The van der Waals surface area contributed by atoms with Gasteiger partial charge in [-0.15, -0.1) is 0 Å². The SMILES string of the molecule is COC1CCC(Nc2ccc(O)c(Cl)c2)CC1. The molecule has 2 N–H and O–H groups in total. The molecule has 0 spiro atoms. The number of benzene rings is 1. The molecule has 2 rings (SSSR count). The van der Waals surface area contributed by atoms with Crippen LogP contribution in [0, 0.1) is 0 Å². The number of methoxy groups -OCH3 is 1. The third-order valence-electron chi connectivity index (χ3n) is 3.33. The lowest BCUT2D eigenvalue weighted by Gasteiger charge is -2.29. The van der Waals surface area contributed by atoms with Crippen LogP contribution >= 0.6 is 11.6 Å². The van der Waals surface area contributed by atoms with Gasteiger partial charge in [0.05, 0.1) is 11.1 Å². The molecule has 1 aromatic carbocycles. The number of hydrogen-bond acceptors (Lipinski definition) is 3. The molecule has 0 radical (unpaired) electrons. The third kappa shape index (κ3) is 3.27. The first-order valence-electron chi connectivity index (χ1n) is 5.97. The van der Waals surface area contributed by atoms with Crippen LogP contribution in [-0.4, -0.2) is 24.4 Å². The van der Waals surface area contributed by atoms with Crippen LogP contribution in [0.25, 0.3) is 0 Å². The number of nitrogens with one attached hydrogen (secondary N) is 1. The normalized spacial score (nSPS) is 24.6. The van der Waals surface area contributed by atoms with Gasteiger partial charge in [0.1, 0.15) is 5.75 Å². The zero-order valence-electron chi connectivity index (χ0n) is 9.95. The molecule has 1 aromatic rings. The van der Waals surface area contributed by atoms with Crippen molar-refractivity contribution in [3.63, 3.8) is 0 Å². The smallest absolute Gasteiger partial charge is 0.134 e. The van der Waals surface area contributed by atoms with Gasteiger partial charge in [-0.25, -0.2) is 0 Å². The minimum atomic E-state index is 0.125. The molecular weight excluding hydrogens is 238 g/mol. The van der Waals surface area contributed by atoms with Gasteiger partial charge < -0.3 is 15.2 Å².